The van der Waals surface area contributed by atoms with Crippen molar-refractivity contribution in [1.82, 2.24) is 0 Å². The number of hydrogen-bond acceptors (Lipinski definition) is 3. The average molecular weight is 285 g/mol. The number of hydrogen-bond donors (Lipinski definition) is 1. The lowest BCUT2D eigenvalue weighted by Crippen LogP contribution is -2.44. The summed E-state index contributed by atoms with van der Waals surface area (Å²) in [6, 6.07) is 6.12. The number of benzene rings is 1. The van der Waals surface area contributed by atoms with E-state index in [-0.39, 0.29) is 36.0 Å². The average Bonchev–Trinajstić information content (AvgIpc) is 3.10. The lowest BCUT2D eigenvalue weighted by molar-refractivity contribution is -0.128. The molecule has 2 bridgehead atoms. The van der Waals surface area contributed by atoms with Gasteiger partial charge in [-0.3, -0.25) is 9.69 Å². The van der Waals surface area contributed by atoms with Crippen LogP contribution in [0.4, 0.5) is 5.69 Å². The van der Waals surface area contributed by atoms with Crippen LogP contribution < -0.4 is 4.90 Å². The van der Waals surface area contributed by atoms with Crippen molar-refractivity contribution in [3.8, 4) is 0 Å². The summed E-state index contributed by atoms with van der Waals surface area (Å²) in [6.45, 7) is 4.09. The lowest BCUT2D eigenvalue weighted by atomic mass is 9.80. The molecule has 0 radical (unpaired) electrons. The molecule has 5 rings (SSSR count). The number of nitrogens with zero attached hydrogens (tertiary/aromatic N) is 1. The molecule has 110 valence electrons. The number of carbonyl (C=O) groups excluding carboxylic acids is 1. The first-order chi connectivity index (χ1) is 10.1. The summed E-state index contributed by atoms with van der Waals surface area (Å²) >= 11 is 0. The van der Waals surface area contributed by atoms with Crippen LogP contribution in [0.15, 0.2) is 18.2 Å². The molecule has 4 fully saturated rings. The van der Waals surface area contributed by atoms with Crippen LogP contribution in [0.3, 0.4) is 0 Å². The van der Waals surface area contributed by atoms with E-state index in [4.69, 9.17) is 4.74 Å². The third-order valence-corrected chi connectivity index (χ3v) is 6.20. The highest BCUT2D eigenvalue weighted by atomic mass is 16.5. The summed E-state index contributed by atoms with van der Waals surface area (Å²) in [6.07, 6.45) is 0.301. The first-order valence-electron chi connectivity index (χ1n) is 7.82. The zero-order valence-electron chi connectivity index (χ0n) is 12.2. The smallest absolute Gasteiger partial charge is 0.233 e. The van der Waals surface area contributed by atoms with E-state index in [2.05, 4.69) is 0 Å². The van der Waals surface area contributed by atoms with Crippen molar-refractivity contribution in [3.63, 3.8) is 0 Å². The SMILES string of the molecule is Cc1cccc(C)c1N1C(=O)C2C3CC4C(OC1C42)C3O. The number of aliphatic hydroxyl groups excluding tert-OH is 1. The van der Waals surface area contributed by atoms with Crippen molar-refractivity contribution >= 4 is 11.6 Å². The van der Waals surface area contributed by atoms with Gasteiger partial charge in [0.25, 0.3) is 0 Å². The number of amides is 1. The third-order valence-electron chi connectivity index (χ3n) is 6.20. The molecule has 2 aliphatic carbocycles. The van der Waals surface area contributed by atoms with Crippen molar-refractivity contribution < 1.29 is 14.6 Å². The number of anilines is 1. The second kappa shape index (κ2) is 3.68. The molecule has 4 nitrogen and oxygen atoms in total. The molecular formula is C17H19NO3. The normalized spacial score (nSPS) is 46.0. The number of para-hydroxylation sites is 1. The monoisotopic (exact) mass is 285 g/mol. The van der Waals surface area contributed by atoms with E-state index in [1.165, 1.54) is 0 Å². The Kier molecular flexibility index (Phi) is 2.13. The topological polar surface area (TPSA) is 49.8 Å². The number of aliphatic hydroxyl groups is 1. The van der Waals surface area contributed by atoms with Crippen molar-refractivity contribution in [2.24, 2.45) is 23.7 Å². The van der Waals surface area contributed by atoms with E-state index in [0.29, 0.717) is 5.92 Å². The quantitative estimate of drug-likeness (QED) is 0.853. The molecule has 2 saturated heterocycles. The van der Waals surface area contributed by atoms with Crippen molar-refractivity contribution in [2.75, 3.05) is 4.90 Å². The number of fused-ring (bicyclic) bond motifs is 2. The minimum absolute atomic E-state index is 0.0345. The maximum Gasteiger partial charge on any atom is 0.233 e. The standard InChI is InChI=1S/C17H19NO3/c1-7-4-3-5-8(2)13(7)18-16(20)11-9-6-10-12(11)17(18)21-15(10)14(9)19/h3-5,9-12,14-15,17,19H,6H2,1-2H3. The first-order valence-corrected chi connectivity index (χ1v) is 7.82. The Morgan fingerprint density at radius 1 is 1.24 bits per heavy atom. The van der Waals surface area contributed by atoms with Crippen LogP contribution in [0.2, 0.25) is 0 Å². The summed E-state index contributed by atoms with van der Waals surface area (Å²) in [4.78, 5) is 14.9. The maximum atomic E-state index is 13.0. The van der Waals surface area contributed by atoms with Gasteiger partial charge in [-0.1, -0.05) is 18.2 Å². The van der Waals surface area contributed by atoms with E-state index in [9.17, 15) is 9.90 Å². The van der Waals surface area contributed by atoms with Crippen LogP contribution >= 0.6 is 0 Å². The molecule has 1 aromatic carbocycles. The summed E-state index contributed by atoms with van der Waals surface area (Å²) in [5.41, 5.74) is 3.24. The van der Waals surface area contributed by atoms with E-state index in [0.717, 1.165) is 23.2 Å². The van der Waals surface area contributed by atoms with Gasteiger partial charge in [0.2, 0.25) is 5.91 Å². The second-order valence-electron chi connectivity index (χ2n) is 7.10. The highest BCUT2D eigenvalue weighted by Crippen LogP contribution is 2.64. The van der Waals surface area contributed by atoms with E-state index in [1.54, 1.807) is 0 Å². The Hall–Kier alpha value is -1.39. The number of aryl methyl sites for hydroxylation is 2. The lowest BCUT2D eigenvalue weighted by Gasteiger charge is -2.31. The molecular weight excluding hydrogens is 266 g/mol. The predicted octanol–water partition coefficient (Wildman–Crippen LogP) is 1.62. The summed E-state index contributed by atoms with van der Waals surface area (Å²) in [5.74, 6) is 0.893. The first kappa shape index (κ1) is 12.2. The van der Waals surface area contributed by atoms with E-state index in [1.807, 2.05) is 36.9 Å². The molecule has 0 spiro atoms. The van der Waals surface area contributed by atoms with Crippen LogP contribution in [0, 0.1) is 37.5 Å². The van der Waals surface area contributed by atoms with E-state index < -0.39 is 6.10 Å². The molecule has 21 heavy (non-hydrogen) atoms. The fourth-order valence-electron chi connectivity index (χ4n) is 5.48. The van der Waals surface area contributed by atoms with Gasteiger partial charge in [-0.2, -0.15) is 0 Å². The van der Waals surface area contributed by atoms with Gasteiger partial charge in [0.15, 0.2) is 0 Å². The van der Waals surface area contributed by atoms with Gasteiger partial charge in [0.05, 0.1) is 23.8 Å². The Labute approximate surface area is 123 Å². The molecule has 7 atom stereocenters. The Balaban J connectivity index is 1.65. The molecule has 7 unspecified atom stereocenters. The van der Waals surface area contributed by atoms with Crippen LogP contribution in [0.1, 0.15) is 17.5 Å². The molecule has 0 aromatic heterocycles. The van der Waals surface area contributed by atoms with Gasteiger partial charge in [-0.25, -0.2) is 0 Å². The molecule has 1 amide bonds. The zero-order chi connectivity index (χ0) is 14.5. The van der Waals surface area contributed by atoms with Gasteiger partial charge in [0, 0.05) is 5.92 Å². The largest absolute Gasteiger partial charge is 0.390 e. The van der Waals surface area contributed by atoms with Crippen molar-refractivity contribution in [2.45, 2.75) is 38.7 Å². The Bertz CT molecular complexity index is 637. The van der Waals surface area contributed by atoms with Gasteiger partial charge in [0.1, 0.15) is 6.23 Å². The summed E-state index contributed by atoms with van der Waals surface area (Å²) < 4.78 is 6.14. The van der Waals surface area contributed by atoms with E-state index >= 15 is 0 Å². The fraction of sp³-hybridized carbons (Fsp3) is 0.588. The van der Waals surface area contributed by atoms with Crippen LogP contribution in [-0.4, -0.2) is 29.4 Å². The molecule has 2 heterocycles. The summed E-state index contributed by atoms with van der Waals surface area (Å²) in [7, 11) is 0. The van der Waals surface area contributed by atoms with Gasteiger partial charge < -0.3 is 9.84 Å². The predicted molar refractivity (Wildman–Crippen MR) is 76.6 cm³/mol. The molecule has 1 N–H and O–H groups in total. The van der Waals surface area contributed by atoms with Crippen molar-refractivity contribution in [3.05, 3.63) is 29.3 Å². The van der Waals surface area contributed by atoms with Crippen molar-refractivity contribution in [1.29, 1.82) is 0 Å². The van der Waals surface area contributed by atoms with Gasteiger partial charge >= 0.3 is 0 Å². The minimum atomic E-state index is -0.440. The Morgan fingerprint density at radius 3 is 2.67 bits per heavy atom. The maximum absolute atomic E-state index is 13.0. The highest BCUT2D eigenvalue weighted by molar-refractivity contribution is 6.00. The van der Waals surface area contributed by atoms with Crippen LogP contribution in [-0.2, 0) is 9.53 Å². The van der Waals surface area contributed by atoms with Crippen LogP contribution in [0.25, 0.3) is 0 Å². The molecule has 4 heteroatoms. The molecule has 2 saturated carbocycles. The van der Waals surface area contributed by atoms with Crippen LogP contribution in [0.5, 0.6) is 0 Å². The van der Waals surface area contributed by atoms with Gasteiger partial charge in [-0.05, 0) is 43.2 Å². The number of carbonyl (C=O) groups is 1. The fourth-order valence-corrected chi connectivity index (χ4v) is 5.48. The third kappa shape index (κ3) is 1.23. The molecule has 4 aliphatic rings. The number of ether oxygens (including phenoxy) is 1. The number of rotatable bonds is 1. The Morgan fingerprint density at radius 2 is 1.95 bits per heavy atom. The molecule has 2 aliphatic heterocycles. The van der Waals surface area contributed by atoms with Gasteiger partial charge in [-0.15, -0.1) is 0 Å². The highest BCUT2D eigenvalue weighted by Gasteiger charge is 2.72. The molecule has 1 aromatic rings. The zero-order valence-corrected chi connectivity index (χ0v) is 12.2. The minimum Gasteiger partial charge on any atom is -0.390 e. The summed E-state index contributed by atoms with van der Waals surface area (Å²) in [5, 5.41) is 10.3. The second-order valence-corrected chi connectivity index (χ2v) is 7.10.